The van der Waals surface area contributed by atoms with Gasteiger partial charge in [-0.15, -0.1) is 0 Å². The van der Waals surface area contributed by atoms with Crippen LogP contribution in [0.3, 0.4) is 0 Å². The van der Waals surface area contributed by atoms with Crippen LogP contribution in [0, 0.1) is 0 Å². The molecule has 0 aromatic carbocycles. The molecule has 0 bridgehead atoms. The number of halogens is 5. The second-order valence-electron chi connectivity index (χ2n) is 6.06. The molecule has 0 heterocycles. The van der Waals surface area contributed by atoms with E-state index in [4.69, 9.17) is 4.74 Å². The summed E-state index contributed by atoms with van der Waals surface area (Å²) in [4.78, 5) is 11.0. The van der Waals surface area contributed by atoms with Crippen molar-refractivity contribution in [3.05, 3.63) is 11.7 Å². The van der Waals surface area contributed by atoms with Gasteiger partial charge in [-0.1, -0.05) is 64.7 Å². The first-order valence-corrected chi connectivity index (χ1v) is 9.18. The van der Waals surface area contributed by atoms with Gasteiger partial charge in [0.1, 0.15) is 6.61 Å². The van der Waals surface area contributed by atoms with Gasteiger partial charge in [0.05, 0.1) is 6.61 Å². The molecule has 0 radical (unpaired) electrons. The molecule has 8 heteroatoms. The second kappa shape index (κ2) is 14.9. The maximum atomic E-state index is 12.2. The normalized spacial score (nSPS) is 11.5. The van der Waals surface area contributed by atoms with Crippen LogP contribution in [-0.2, 0) is 14.3 Å². The highest BCUT2D eigenvalue weighted by molar-refractivity contribution is 5.90. The zero-order valence-electron chi connectivity index (χ0n) is 15.3. The Hall–Kier alpha value is -1.18. The van der Waals surface area contributed by atoms with Gasteiger partial charge < -0.3 is 9.47 Å². The topological polar surface area (TPSA) is 35.5 Å². The van der Waals surface area contributed by atoms with Crippen LogP contribution in [0.15, 0.2) is 11.7 Å². The van der Waals surface area contributed by atoms with E-state index in [9.17, 15) is 26.7 Å². The highest BCUT2D eigenvalue weighted by Crippen LogP contribution is 2.30. The third kappa shape index (κ3) is 13.1. The van der Waals surface area contributed by atoms with E-state index >= 15 is 0 Å². The summed E-state index contributed by atoms with van der Waals surface area (Å²) >= 11 is 0. The third-order valence-electron chi connectivity index (χ3n) is 3.78. The summed E-state index contributed by atoms with van der Waals surface area (Å²) in [7, 11) is 0. The zero-order chi connectivity index (χ0) is 19.8. The molecule has 0 unspecified atom stereocenters. The molecule has 0 saturated heterocycles. The van der Waals surface area contributed by atoms with Crippen molar-refractivity contribution in [3.8, 4) is 0 Å². The number of ether oxygens (including phenoxy) is 2. The predicted octanol–water partition coefficient (Wildman–Crippen LogP) is 6.18. The molecule has 0 rings (SSSR count). The number of alkyl halides is 3. The summed E-state index contributed by atoms with van der Waals surface area (Å²) < 4.78 is 70.3. The van der Waals surface area contributed by atoms with Gasteiger partial charge in [-0.3, -0.25) is 0 Å². The summed E-state index contributed by atoms with van der Waals surface area (Å²) in [6, 6.07) is 0. The first kappa shape index (κ1) is 24.8. The Morgan fingerprint density at radius 3 is 1.73 bits per heavy atom. The van der Waals surface area contributed by atoms with Crippen molar-refractivity contribution in [2.45, 2.75) is 77.3 Å². The van der Waals surface area contributed by atoms with Crippen LogP contribution < -0.4 is 0 Å². The molecule has 154 valence electrons. The van der Waals surface area contributed by atoms with E-state index in [1.807, 2.05) is 0 Å². The van der Waals surface area contributed by atoms with Crippen molar-refractivity contribution in [2.75, 3.05) is 19.8 Å². The Morgan fingerprint density at radius 1 is 0.769 bits per heavy atom. The minimum absolute atomic E-state index is 0.123. The number of carbonyl (C=O) groups excluding carboxylic acids is 1. The summed E-state index contributed by atoms with van der Waals surface area (Å²) in [5.41, 5.74) is -2.56. The fourth-order valence-electron chi connectivity index (χ4n) is 2.36. The van der Waals surface area contributed by atoms with Crippen molar-refractivity contribution in [1.29, 1.82) is 0 Å². The van der Waals surface area contributed by atoms with Gasteiger partial charge in [0.15, 0.2) is 0 Å². The number of esters is 1. The number of unbranched alkanes of at least 4 members (excludes halogenated alkanes) is 9. The molecule has 0 atom stereocenters. The molecular formula is C18H29F5O3. The standard InChI is InChI=1S/C18H29F5O3/c1-2-3-4-5-6-7-8-9-10-11-12-25-13-14-26-17(24)15(16(19)20)18(21,22)23/h2-14H2,1H3. The van der Waals surface area contributed by atoms with Crippen LogP contribution in [0.5, 0.6) is 0 Å². The maximum Gasteiger partial charge on any atom is 0.428 e. The Kier molecular flexibility index (Phi) is 14.3. The number of hydrogen-bond acceptors (Lipinski definition) is 3. The molecule has 26 heavy (non-hydrogen) atoms. The molecule has 0 spiro atoms. The molecule has 0 aliphatic carbocycles. The first-order valence-electron chi connectivity index (χ1n) is 9.18. The van der Waals surface area contributed by atoms with Gasteiger partial charge in [0.25, 0.3) is 6.08 Å². The summed E-state index contributed by atoms with van der Waals surface area (Å²) in [5, 5.41) is 0. The van der Waals surface area contributed by atoms with Gasteiger partial charge in [0, 0.05) is 6.61 Å². The molecule has 3 nitrogen and oxygen atoms in total. The fourth-order valence-corrected chi connectivity index (χ4v) is 2.36. The van der Waals surface area contributed by atoms with Gasteiger partial charge in [-0.25, -0.2) is 4.79 Å². The van der Waals surface area contributed by atoms with Crippen LogP contribution >= 0.6 is 0 Å². The first-order chi connectivity index (χ1) is 12.3. The molecule has 0 N–H and O–H groups in total. The molecule has 0 aliphatic heterocycles. The molecule has 0 saturated carbocycles. The smallest absolute Gasteiger partial charge is 0.428 e. The Bertz CT molecular complexity index is 404. The zero-order valence-corrected chi connectivity index (χ0v) is 15.3. The summed E-state index contributed by atoms with van der Waals surface area (Å²) in [6.07, 6.45) is 3.12. The molecule has 0 aliphatic rings. The largest absolute Gasteiger partial charge is 0.459 e. The van der Waals surface area contributed by atoms with Gasteiger partial charge in [-0.05, 0) is 6.42 Å². The van der Waals surface area contributed by atoms with Crippen molar-refractivity contribution in [2.24, 2.45) is 0 Å². The van der Waals surface area contributed by atoms with Crippen molar-refractivity contribution in [3.63, 3.8) is 0 Å². The van der Waals surface area contributed by atoms with E-state index in [1.54, 1.807) is 0 Å². The number of carbonyl (C=O) groups is 1. The molecule has 0 aromatic heterocycles. The van der Waals surface area contributed by atoms with Gasteiger partial charge in [0.2, 0.25) is 5.57 Å². The summed E-state index contributed by atoms with van der Waals surface area (Å²) in [6.45, 7) is 1.96. The Morgan fingerprint density at radius 2 is 1.27 bits per heavy atom. The van der Waals surface area contributed by atoms with Crippen LogP contribution in [0.2, 0.25) is 0 Å². The molecule has 0 fully saturated rings. The van der Waals surface area contributed by atoms with E-state index in [1.165, 1.54) is 44.9 Å². The maximum absolute atomic E-state index is 12.2. The highest BCUT2D eigenvalue weighted by atomic mass is 19.4. The van der Waals surface area contributed by atoms with E-state index in [0.717, 1.165) is 19.3 Å². The highest BCUT2D eigenvalue weighted by Gasteiger charge is 2.44. The minimum Gasteiger partial charge on any atom is -0.459 e. The Labute approximate surface area is 151 Å². The fraction of sp³-hybridized carbons (Fsp3) is 0.833. The monoisotopic (exact) mass is 388 g/mol. The molecule has 0 aromatic rings. The average Bonchev–Trinajstić information content (AvgIpc) is 2.53. The summed E-state index contributed by atoms with van der Waals surface area (Å²) in [5.74, 6) is -2.08. The predicted molar refractivity (Wildman–Crippen MR) is 88.9 cm³/mol. The van der Waals surface area contributed by atoms with Crippen LogP contribution in [0.25, 0.3) is 0 Å². The molecule has 0 amide bonds. The second-order valence-corrected chi connectivity index (χ2v) is 6.06. The SMILES string of the molecule is CCCCCCCCCCCCOCCOC(=O)C(=C(F)F)C(F)(F)F. The van der Waals surface area contributed by atoms with E-state index in [2.05, 4.69) is 11.7 Å². The quantitative estimate of drug-likeness (QED) is 0.145. The van der Waals surface area contributed by atoms with E-state index < -0.39 is 30.4 Å². The average molecular weight is 388 g/mol. The van der Waals surface area contributed by atoms with Gasteiger partial charge >= 0.3 is 12.1 Å². The lowest BCUT2D eigenvalue weighted by atomic mass is 10.1. The lowest BCUT2D eigenvalue weighted by Crippen LogP contribution is -2.24. The van der Waals surface area contributed by atoms with Crippen LogP contribution in [0.1, 0.15) is 71.1 Å². The number of rotatable bonds is 15. The van der Waals surface area contributed by atoms with Crippen LogP contribution in [-0.4, -0.2) is 32.0 Å². The lowest BCUT2D eigenvalue weighted by molar-refractivity contribution is -0.153. The van der Waals surface area contributed by atoms with Crippen molar-refractivity contribution in [1.82, 2.24) is 0 Å². The lowest BCUT2D eigenvalue weighted by Gasteiger charge is -2.10. The molecular weight excluding hydrogens is 359 g/mol. The van der Waals surface area contributed by atoms with E-state index in [0.29, 0.717) is 6.61 Å². The third-order valence-corrected chi connectivity index (χ3v) is 3.78. The van der Waals surface area contributed by atoms with E-state index in [-0.39, 0.29) is 6.61 Å². The van der Waals surface area contributed by atoms with Crippen molar-refractivity contribution < 1.29 is 36.2 Å². The number of hydrogen-bond donors (Lipinski definition) is 0. The van der Waals surface area contributed by atoms with Crippen molar-refractivity contribution >= 4 is 5.97 Å². The van der Waals surface area contributed by atoms with Gasteiger partial charge in [-0.2, -0.15) is 22.0 Å². The minimum atomic E-state index is -5.44. The Balaban J connectivity index is 3.54. The van der Waals surface area contributed by atoms with Crippen LogP contribution in [0.4, 0.5) is 22.0 Å².